The van der Waals surface area contributed by atoms with E-state index in [2.05, 4.69) is 5.32 Å². The van der Waals surface area contributed by atoms with Gasteiger partial charge in [0.2, 0.25) is 5.91 Å². The molecule has 17 heavy (non-hydrogen) atoms. The molecule has 4 N–H and O–H groups in total. The van der Waals surface area contributed by atoms with E-state index in [-0.39, 0.29) is 11.8 Å². The van der Waals surface area contributed by atoms with Gasteiger partial charge in [0.25, 0.3) is 0 Å². The van der Waals surface area contributed by atoms with Crippen molar-refractivity contribution in [3.05, 3.63) is 0 Å². The van der Waals surface area contributed by atoms with Gasteiger partial charge in [0.05, 0.1) is 6.04 Å². The number of carbonyl (C=O) groups is 2. The van der Waals surface area contributed by atoms with Crippen LogP contribution in [0.4, 0.5) is 0 Å². The summed E-state index contributed by atoms with van der Waals surface area (Å²) < 4.78 is 0. The van der Waals surface area contributed by atoms with Crippen LogP contribution in [0.2, 0.25) is 0 Å². The van der Waals surface area contributed by atoms with E-state index < -0.39 is 18.1 Å². The Kier molecular flexibility index (Phi) is 6.80. The van der Waals surface area contributed by atoms with Crippen LogP contribution in [0.25, 0.3) is 0 Å². The zero-order chi connectivity index (χ0) is 13.6. The molecule has 0 aliphatic carbocycles. The highest BCUT2D eigenvalue weighted by Crippen LogP contribution is 2.07. The molecule has 0 spiro atoms. The summed E-state index contributed by atoms with van der Waals surface area (Å²) in [5.41, 5.74) is 5.69. The van der Waals surface area contributed by atoms with E-state index in [0.717, 1.165) is 0 Å². The van der Waals surface area contributed by atoms with Crippen LogP contribution in [0.1, 0.15) is 40.5 Å². The fraction of sp³-hybridized carbons (Fsp3) is 0.833. The number of nitrogens with one attached hydrogen (secondary N) is 1. The molecule has 0 heterocycles. The van der Waals surface area contributed by atoms with Crippen molar-refractivity contribution in [3.63, 3.8) is 0 Å². The molecular weight excluding hydrogens is 220 g/mol. The summed E-state index contributed by atoms with van der Waals surface area (Å²) in [7, 11) is 0. The average Bonchev–Trinajstić information content (AvgIpc) is 2.14. The predicted molar refractivity (Wildman–Crippen MR) is 66.5 cm³/mol. The molecule has 0 unspecified atom stereocenters. The number of amides is 1. The number of carbonyl (C=O) groups excluding carboxylic acids is 1. The maximum absolute atomic E-state index is 11.7. The van der Waals surface area contributed by atoms with Crippen molar-refractivity contribution < 1.29 is 14.7 Å². The van der Waals surface area contributed by atoms with Crippen LogP contribution in [0.5, 0.6) is 0 Å². The fourth-order valence-electron chi connectivity index (χ4n) is 1.59. The Morgan fingerprint density at radius 2 is 1.59 bits per heavy atom. The second kappa shape index (κ2) is 7.27. The number of hydrogen-bond donors (Lipinski definition) is 3. The topological polar surface area (TPSA) is 92.4 Å². The molecule has 0 aromatic rings. The molecule has 5 heteroatoms. The van der Waals surface area contributed by atoms with Gasteiger partial charge in [-0.25, -0.2) is 4.79 Å². The molecule has 0 aliphatic rings. The number of carboxylic acids is 1. The van der Waals surface area contributed by atoms with Gasteiger partial charge in [0.15, 0.2) is 0 Å². The summed E-state index contributed by atoms with van der Waals surface area (Å²) in [6.45, 7) is 7.76. The summed E-state index contributed by atoms with van der Waals surface area (Å²) in [5.74, 6) is -0.877. The molecule has 0 fully saturated rings. The van der Waals surface area contributed by atoms with Crippen molar-refractivity contribution in [1.82, 2.24) is 5.32 Å². The second-order valence-electron chi connectivity index (χ2n) is 5.27. The van der Waals surface area contributed by atoms with Gasteiger partial charge in [-0.2, -0.15) is 0 Å². The first-order valence-electron chi connectivity index (χ1n) is 6.02. The van der Waals surface area contributed by atoms with Crippen molar-refractivity contribution in [2.45, 2.75) is 52.6 Å². The Morgan fingerprint density at radius 1 is 1.12 bits per heavy atom. The lowest BCUT2D eigenvalue weighted by molar-refractivity contribution is -0.142. The van der Waals surface area contributed by atoms with E-state index in [1.54, 1.807) is 0 Å². The molecule has 0 radical (unpaired) electrons. The number of aliphatic carboxylic acids is 1. The van der Waals surface area contributed by atoms with Gasteiger partial charge in [-0.1, -0.05) is 27.7 Å². The van der Waals surface area contributed by atoms with Gasteiger partial charge in [-0.05, 0) is 24.7 Å². The van der Waals surface area contributed by atoms with E-state index in [9.17, 15) is 9.59 Å². The van der Waals surface area contributed by atoms with E-state index in [4.69, 9.17) is 10.8 Å². The van der Waals surface area contributed by atoms with Crippen LogP contribution < -0.4 is 11.1 Å². The smallest absolute Gasteiger partial charge is 0.326 e. The standard InChI is InChI=1S/C12H24N2O3/c1-7(2)5-9(13)11(15)14-10(12(16)17)6-8(3)4/h7-10H,5-6,13H2,1-4H3,(H,14,15)(H,16,17)/t9-,10-/m1/s1. The van der Waals surface area contributed by atoms with E-state index in [1.165, 1.54) is 0 Å². The minimum absolute atomic E-state index is 0.206. The Bertz CT molecular complexity index is 264. The lowest BCUT2D eigenvalue weighted by atomic mass is 10.0. The lowest BCUT2D eigenvalue weighted by Gasteiger charge is -2.20. The quantitative estimate of drug-likeness (QED) is 0.622. The summed E-state index contributed by atoms with van der Waals surface area (Å²) in [6.07, 6.45) is 0.968. The maximum Gasteiger partial charge on any atom is 0.326 e. The monoisotopic (exact) mass is 244 g/mol. The third kappa shape index (κ3) is 6.94. The molecule has 0 bridgehead atoms. The Balaban J connectivity index is 4.35. The summed E-state index contributed by atoms with van der Waals surface area (Å²) in [5, 5.41) is 11.5. The van der Waals surface area contributed by atoms with Crippen LogP contribution in [-0.2, 0) is 9.59 Å². The van der Waals surface area contributed by atoms with Crippen molar-refractivity contribution in [2.24, 2.45) is 17.6 Å². The zero-order valence-electron chi connectivity index (χ0n) is 11.1. The SMILES string of the molecule is CC(C)C[C@@H](N)C(=O)N[C@H](CC(C)C)C(=O)O. The van der Waals surface area contributed by atoms with Crippen LogP contribution in [0.15, 0.2) is 0 Å². The molecule has 100 valence electrons. The molecule has 0 saturated carbocycles. The highest BCUT2D eigenvalue weighted by molar-refractivity contribution is 5.86. The summed E-state index contributed by atoms with van der Waals surface area (Å²) in [6, 6.07) is -1.48. The fourth-order valence-corrected chi connectivity index (χ4v) is 1.59. The minimum Gasteiger partial charge on any atom is -0.480 e. The average molecular weight is 244 g/mol. The van der Waals surface area contributed by atoms with Gasteiger partial charge < -0.3 is 16.2 Å². The van der Waals surface area contributed by atoms with Crippen LogP contribution in [0, 0.1) is 11.8 Å². The lowest BCUT2D eigenvalue weighted by Crippen LogP contribution is -2.49. The second-order valence-corrected chi connectivity index (χ2v) is 5.27. The van der Waals surface area contributed by atoms with Gasteiger partial charge in [-0.3, -0.25) is 4.79 Å². The maximum atomic E-state index is 11.7. The Labute approximate surface area is 103 Å². The van der Waals surface area contributed by atoms with Gasteiger partial charge in [0.1, 0.15) is 6.04 Å². The molecule has 0 aromatic carbocycles. The molecule has 1 amide bonds. The zero-order valence-corrected chi connectivity index (χ0v) is 11.1. The summed E-state index contributed by atoms with van der Waals surface area (Å²) >= 11 is 0. The van der Waals surface area contributed by atoms with Crippen molar-refractivity contribution in [3.8, 4) is 0 Å². The molecule has 0 aromatic heterocycles. The molecule has 0 saturated heterocycles. The third-order valence-corrected chi connectivity index (χ3v) is 2.38. The van der Waals surface area contributed by atoms with E-state index in [1.807, 2.05) is 27.7 Å². The van der Waals surface area contributed by atoms with Crippen molar-refractivity contribution in [1.29, 1.82) is 0 Å². The number of nitrogens with two attached hydrogens (primary N) is 1. The van der Waals surface area contributed by atoms with Gasteiger partial charge in [0, 0.05) is 0 Å². The van der Waals surface area contributed by atoms with Gasteiger partial charge in [-0.15, -0.1) is 0 Å². The van der Waals surface area contributed by atoms with Crippen LogP contribution in [0.3, 0.4) is 0 Å². The third-order valence-electron chi connectivity index (χ3n) is 2.38. The molecular formula is C12H24N2O3. The first kappa shape index (κ1) is 15.9. The van der Waals surface area contributed by atoms with E-state index >= 15 is 0 Å². The molecule has 0 rings (SSSR count). The van der Waals surface area contributed by atoms with Crippen molar-refractivity contribution >= 4 is 11.9 Å². The van der Waals surface area contributed by atoms with E-state index in [0.29, 0.717) is 18.8 Å². The molecule has 5 nitrogen and oxygen atoms in total. The highest BCUT2D eigenvalue weighted by Gasteiger charge is 2.24. The number of carboxylic acid groups (broad SMARTS) is 1. The predicted octanol–water partition coefficient (Wildman–Crippen LogP) is 0.975. The Morgan fingerprint density at radius 3 is 1.94 bits per heavy atom. The molecule has 2 atom stereocenters. The van der Waals surface area contributed by atoms with Crippen LogP contribution in [-0.4, -0.2) is 29.1 Å². The molecule has 0 aliphatic heterocycles. The Hall–Kier alpha value is -1.10. The summed E-state index contributed by atoms with van der Waals surface area (Å²) in [4.78, 5) is 22.6. The first-order valence-corrected chi connectivity index (χ1v) is 6.02. The number of hydrogen-bond acceptors (Lipinski definition) is 3. The number of rotatable bonds is 7. The largest absolute Gasteiger partial charge is 0.480 e. The first-order chi connectivity index (χ1) is 7.73. The minimum atomic E-state index is -1.01. The van der Waals surface area contributed by atoms with Gasteiger partial charge >= 0.3 is 5.97 Å². The van der Waals surface area contributed by atoms with Crippen molar-refractivity contribution in [2.75, 3.05) is 0 Å². The normalized spacial score (nSPS) is 14.8. The highest BCUT2D eigenvalue weighted by atomic mass is 16.4. The van der Waals surface area contributed by atoms with Crippen LogP contribution >= 0.6 is 0 Å².